The molecular weight excluding hydrogens is 238 g/mol. The standard InChI is InChI=1S/C11H9N3O2S/c15-9-4-5-14(11(16)13-9)8-3-1-2-7-10(8)17-6-12-7/h1-3,6H,4-5H2,(H,13,15,16). The second-order valence-corrected chi connectivity index (χ2v) is 4.59. The number of urea groups is 1. The van der Waals surface area contributed by atoms with Crippen LogP contribution in [0, 0.1) is 0 Å². The Morgan fingerprint density at radius 1 is 1.35 bits per heavy atom. The minimum atomic E-state index is -0.359. The predicted molar refractivity (Wildman–Crippen MR) is 65.1 cm³/mol. The highest BCUT2D eigenvalue weighted by molar-refractivity contribution is 7.17. The molecule has 5 nitrogen and oxygen atoms in total. The first-order chi connectivity index (χ1) is 8.25. The zero-order valence-electron chi connectivity index (χ0n) is 8.84. The van der Waals surface area contributed by atoms with Gasteiger partial charge in [-0.15, -0.1) is 11.3 Å². The first kappa shape index (κ1) is 10.2. The van der Waals surface area contributed by atoms with E-state index in [2.05, 4.69) is 10.3 Å². The Balaban J connectivity index is 2.06. The smallest absolute Gasteiger partial charge is 0.292 e. The number of carbonyl (C=O) groups excluding carboxylic acids is 2. The number of nitrogens with one attached hydrogen (secondary N) is 1. The highest BCUT2D eigenvalue weighted by atomic mass is 32.1. The van der Waals surface area contributed by atoms with E-state index in [-0.39, 0.29) is 11.9 Å². The van der Waals surface area contributed by atoms with Gasteiger partial charge in [-0.3, -0.25) is 15.0 Å². The van der Waals surface area contributed by atoms with Gasteiger partial charge in [-0.25, -0.2) is 9.78 Å². The van der Waals surface area contributed by atoms with Crippen LogP contribution in [0.4, 0.5) is 10.5 Å². The van der Waals surface area contributed by atoms with Gasteiger partial charge in [0.15, 0.2) is 0 Å². The second-order valence-electron chi connectivity index (χ2n) is 3.73. The van der Waals surface area contributed by atoms with E-state index in [0.29, 0.717) is 13.0 Å². The number of anilines is 1. The molecule has 0 saturated carbocycles. The molecule has 0 radical (unpaired) electrons. The third-order valence-corrected chi connectivity index (χ3v) is 3.55. The summed E-state index contributed by atoms with van der Waals surface area (Å²) in [7, 11) is 0. The zero-order chi connectivity index (χ0) is 11.8. The van der Waals surface area contributed by atoms with E-state index in [0.717, 1.165) is 15.9 Å². The molecule has 3 amide bonds. The summed E-state index contributed by atoms with van der Waals surface area (Å²) in [4.78, 5) is 28.6. The van der Waals surface area contributed by atoms with Crippen molar-refractivity contribution in [1.82, 2.24) is 10.3 Å². The van der Waals surface area contributed by atoms with Gasteiger partial charge in [0.2, 0.25) is 5.91 Å². The van der Waals surface area contributed by atoms with Gasteiger partial charge < -0.3 is 0 Å². The third kappa shape index (κ3) is 1.66. The maximum absolute atomic E-state index is 11.7. The molecule has 17 heavy (non-hydrogen) atoms. The molecule has 1 aliphatic rings. The van der Waals surface area contributed by atoms with E-state index in [1.165, 1.54) is 11.3 Å². The van der Waals surface area contributed by atoms with Crippen LogP contribution >= 0.6 is 11.3 Å². The summed E-state index contributed by atoms with van der Waals surface area (Å²) in [6.45, 7) is 0.418. The van der Waals surface area contributed by atoms with Crippen molar-refractivity contribution in [1.29, 1.82) is 0 Å². The lowest BCUT2D eigenvalue weighted by molar-refractivity contribution is -0.120. The first-order valence-electron chi connectivity index (χ1n) is 5.19. The predicted octanol–water partition coefficient (Wildman–Crippen LogP) is 1.74. The SMILES string of the molecule is O=C1CCN(c2cccc3ncsc23)C(=O)N1. The number of rotatable bonds is 1. The Hall–Kier alpha value is -1.95. The molecule has 0 atom stereocenters. The summed E-state index contributed by atoms with van der Waals surface area (Å²) < 4.78 is 0.969. The molecule has 0 aliphatic carbocycles. The number of thiazole rings is 1. The second kappa shape index (κ2) is 3.81. The van der Waals surface area contributed by atoms with Crippen LogP contribution in [-0.4, -0.2) is 23.5 Å². The molecule has 86 valence electrons. The summed E-state index contributed by atoms with van der Waals surface area (Å²) in [5, 5.41) is 2.32. The number of benzene rings is 1. The van der Waals surface area contributed by atoms with Gasteiger partial charge in [-0.1, -0.05) is 6.07 Å². The first-order valence-corrected chi connectivity index (χ1v) is 6.07. The highest BCUT2D eigenvalue weighted by Gasteiger charge is 2.25. The molecule has 2 heterocycles. The Labute approximate surface area is 101 Å². The van der Waals surface area contributed by atoms with Crippen LogP contribution in [0.2, 0.25) is 0 Å². The lowest BCUT2D eigenvalue weighted by Gasteiger charge is -2.26. The van der Waals surface area contributed by atoms with E-state index < -0.39 is 0 Å². The van der Waals surface area contributed by atoms with Crippen molar-refractivity contribution in [3.63, 3.8) is 0 Å². The molecule has 1 N–H and O–H groups in total. The maximum atomic E-state index is 11.7. The summed E-state index contributed by atoms with van der Waals surface area (Å²) >= 11 is 1.49. The Kier molecular flexibility index (Phi) is 2.29. The van der Waals surface area contributed by atoms with Crippen molar-refractivity contribution in [2.75, 3.05) is 11.4 Å². The van der Waals surface area contributed by atoms with Gasteiger partial charge in [-0.2, -0.15) is 0 Å². The summed E-state index contributed by atoms with van der Waals surface area (Å²) in [6.07, 6.45) is 0.334. The molecule has 1 aliphatic heterocycles. The van der Waals surface area contributed by atoms with E-state index >= 15 is 0 Å². The van der Waals surface area contributed by atoms with E-state index in [9.17, 15) is 9.59 Å². The summed E-state index contributed by atoms with van der Waals surface area (Å²) in [5.74, 6) is -0.220. The summed E-state index contributed by atoms with van der Waals surface area (Å²) in [6, 6.07) is 5.28. The van der Waals surface area contributed by atoms with Gasteiger partial charge in [0.1, 0.15) is 0 Å². The normalized spacial score (nSPS) is 16.4. The Morgan fingerprint density at radius 3 is 3.06 bits per heavy atom. The average molecular weight is 247 g/mol. The van der Waals surface area contributed by atoms with Gasteiger partial charge in [0.25, 0.3) is 0 Å². The highest BCUT2D eigenvalue weighted by Crippen LogP contribution is 2.30. The van der Waals surface area contributed by atoms with Crippen LogP contribution in [0.3, 0.4) is 0 Å². The fourth-order valence-corrected chi connectivity index (χ4v) is 2.69. The van der Waals surface area contributed by atoms with E-state index in [1.54, 1.807) is 10.4 Å². The molecule has 1 aromatic carbocycles. The number of amides is 3. The van der Waals surface area contributed by atoms with Crippen molar-refractivity contribution in [2.45, 2.75) is 6.42 Å². The number of carbonyl (C=O) groups is 2. The topological polar surface area (TPSA) is 62.3 Å². The Morgan fingerprint density at radius 2 is 2.24 bits per heavy atom. The van der Waals surface area contributed by atoms with Gasteiger partial charge in [0, 0.05) is 13.0 Å². The lowest BCUT2D eigenvalue weighted by atomic mass is 10.2. The van der Waals surface area contributed by atoms with E-state index in [4.69, 9.17) is 0 Å². The molecule has 6 heteroatoms. The van der Waals surface area contributed by atoms with Crippen molar-refractivity contribution in [3.05, 3.63) is 23.7 Å². The largest absolute Gasteiger partial charge is 0.328 e. The maximum Gasteiger partial charge on any atom is 0.328 e. The van der Waals surface area contributed by atoms with Crippen LogP contribution in [0.25, 0.3) is 10.2 Å². The van der Waals surface area contributed by atoms with Crippen molar-refractivity contribution in [3.8, 4) is 0 Å². The van der Waals surface area contributed by atoms with Gasteiger partial charge >= 0.3 is 6.03 Å². The Bertz CT molecular complexity index is 608. The van der Waals surface area contributed by atoms with Crippen LogP contribution in [-0.2, 0) is 4.79 Å². The number of fused-ring (bicyclic) bond motifs is 1. The third-order valence-electron chi connectivity index (χ3n) is 2.68. The molecular formula is C11H9N3O2S. The van der Waals surface area contributed by atoms with Gasteiger partial charge in [0.05, 0.1) is 21.4 Å². The number of aromatic nitrogens is 1. The number of hydrogen-bond acceptors (Lipinski definition) is 4. The summed E-state index contributed by atoms with van der Waals surface area (Å²) in [5.41, 5.74) is 3.44. The molecule has 3 rings (SSSR count). The van der Waals surface area contributed by atoms with Crippen LogP contribution in [0.15, 0.2) is 23.7 Å². The van der Waals surface area contributed by atoms with Crippen molar-refractivity contribution in [2.24, 2.45) is 0 Å². The molecule has 1 saturated heterocycles. The quantitative estimate of drug-likeness (QED) is 0.835. The fraction of sp³-hybridized carbons (Fsp3) is 0.182. The lowest BCUT2D eigenvalue weighted by Crippen LogP contribution is -2.49. The minimum absolute atomic E-state index is 0.220. The monoisotopic (exact) mass is 247 g/mol. The average Bonchev–Trinajstić information content (AvgIpc) is 2.77. The fourth-order valence-electron chi connectivity index (χ4n) is 1.88. The van der Waals surface area contributed by atoms with Crippen LogP contribution in [0.1, 0.15) is 6.42 Å². The van der Waals surface area contributed by atoms with E-state index in [1.807, 2.05) is 18.2 Å². The molecule has 0 unspecified atom stereocenters. The van der Waals surface area contributed by atoms with Crippen molar-refractivity contribution >= 4 is 39.2 Å². The zero-order valence-corrected chi connectivity index (χ0v) is 9.66. The molecule has 0 bridgehead atoms. The van der Waals surface area contributed by atoms with Gasteiger partial charge in [-0.05, 0) is 12.1 Å². The minimum Gasteiger partial charge on any atom is -0.292 e. The molecule has 0 spiro atoms. The van der Waals surface area contributed by atoms with Crippen molar-refractivity contribution < 1.29 is 9.59 Å². The number of nitrogens with zero attached hydrogens (tertiary/aromatic N) is 2. The number of imide groups is 1. The molecule has 1 aromatic heterocycles. The number of hydrogen-bond donors (Lipinski definition) is 1. The molecule has 1 fully saturated rings. The van der Waals surface area contributed by atoms with Crippen LogP contribution in [0.5, 0.6) is 0 Å². The molecule has 2 aromatic rings. The van der Waals surface area contributed by atoms with Crippen LogP contribution < -0.4 is 10.2 Å².